The molecule has 0 aliphatic heterocycles. The zero-order valence-electron chi connectivity index (χ0n) is 9.43. The van der Waals surface area contributed by atoms with E-state index < -0.39 is 4.92 Å². The van der Waals surface area contributed by atoms with E-state index >= 15 is 0 Å². The van der Waals surface area contributed by atoms with Gasteiger partial charge in [0.15, 0.2) is 0 Å². The fraction of sp³-hybridized carbons (Fsp3) is 0.182. The topological polar surface area (TPSA) is 61.0 Å². The maximum Gasteiger partial charge on any atom is 0.269 e. The van der Waals surface area contributed by atoms with Gasteiger partial charge < -0.3 is 0 Å². The van der Waals surface area contributed by atoms with Gasteiger partial charge in [0.25, 0.3) is 5.69 Å². The highest BCUT2D eigenvalue weighted by atomic mass is 79.9. The van der Waals surface area contributed by atoms with E-state index in [0.29, 0.717) is 10.4 Å². The first-order chi connectivity index (χ1) is 8.52. The van der Waals surface area contributed by atoms with Gasteiger partial charge in [-0.1, -0.05) is 27.5 Å². The van der Waals surface area contributed by atoms with Crippen molar-refractivity contribution in [2.75, 3.05) is 0 Å². The van der Waals surface area contributed by atoms with Gasteiger partial charge in [-0.15, -0.1) is 0 Å². The van der Waals surface area contributed by atoms with E-state index in [1.807, 2.05) is 0 Å². The summed E-state index contributed by atoms with van der Waals surface area (Å²) < 4.78 is 1.62. The van der Waals surface area contributed by atoms with Crippen LogP contribution in [0.5, 0.6) is 0 Å². The number of nitro groups is 1. The SMILES string of the molecule is Cc1nn(-c2ccc([N+](=O)[O-])cc2CBr)cc1Cl. The zero-order chi connectivity index (χ0) is 13.3. The summed E-state index contributed by atoms with van der Waals surface area (Å²) in [6.07, 6.45) is 1.68. The number of alkyl halides is 1. The van der Waals surface area contributed by atoms with Gasteiger partial charge in [0.05, 0.1) is 21.3 Å². The van der Waals surface area contributed by atoms with Crippen molar-refractivity contribution >= 4 is 33.2 Å². The minimum Gasteiger partial charge on any atom is -0.258 e. The Bertz CT molecular complexity index is 593. The Morgan fingerprint density at radius 2 is 2.28 bits per heavy atom. The number of nitrogens with zero attached hydrogens (tertiary/aromatic N) is 3. The molecule has 0 atom stereocenters. The van der Waals surface area contributed by atoms with E-state index in [2.05, 4.69) is 21.0 Å². The Morgan fingerprint density at radius 1 is 1.56 bits per heavy atom. The molecule has 2 aromatic rings. The second kappa shape index (κ2) is 5.07. The van der Waals surface area contributed by atoms with Crippen LogP contribution < -0.4 is 0 Å². The maximum atomic E-state index is 10.7. The number of non-ortho nitro benzene ring substituents is 1. The predicted molar refractivity (Wildman–Crippen MR) is 72.6 cm³/mol. The number of aromatic nitrogens is 2. The molecule has 1 heterocycles. The minimum atomic E-state index is -0.419. The standard InChI is InChI=1S/C11H9BrClN3O2/c1-7-10(13)6-15(14-7)11-3-2-9(16(17)18)4-8(11)5-12/h2-4,6H,5H2,1H3. The zero-order valence-corrected chi connectivity index (χ0v) is 11.8. The van der Waals surface area contributed by atoms with Crippen LogP contribution >= 0.6 is 27.5 Å². The van der Waals surface area contributed by atoms with E-state index in [4.69, 9.17) is 11.6 Å². The molecule has 0 radical (unpaired) electrons. The Hall–Kier alpha value is -1.40. The molecule has 0 N–H and O–H groups in total. The van der Waals surface area contributed by atoms with Gasteiger partial charge in [-0.3, -0.25) is 10.1 Å². The normalized spacial score (nSPS) is 10.6. The Balaban J connectivity index is 2.54. The summed E-state index contributed by atoms with van der Waals surface area (Å²) >= 11 is 9.27. The third-order valence-electron chi connectivity index (χ3n) is 2.50. The minimum absolute atomic E-state index is 0.0585. The third kappa shape index (κ3) is 2.39. The molecule has 0 amide bonds. The number of hydrogen-bond donors (Lipinski definition) is 0. The van der Waals surface area contributed by atoms with Gasteiger partial charge in [-0.2, -0.15) is 5.10 Å². The number of nitro benzene ring substituents is 1. The van der Waals surface area contributed by atoms with Gasteiger partial charge in [-0.25, -0.2) is 4.68 Å². The number of aryl methyl sites for hydroxylation is 1. The van der Waals surface area contributed by atoms with Crippen molar-refractivity contribution in [1.82, 2.24) is 9.78 Å². The first kappa shape index (κ1) is 13.0. The van der Waals surface area contributed by atoms with Crippen molar-refractivity contribution < 1.29 is 4.92 Å². The van der Waals surface area contributed by atoms with Gasteiger partial charge in [0.2, 0.25) is 0 Å². The lowest BCUT2D eigenvalue weighted by Gasteiger charge is -2.06. The fourth-order valence-corrected chi connectivity index (χ4v) is 2.16. The van der Waals surface area contributed by atoms with Crippen LogP contribution in [0.3, 0.4) is 0 Å². The van der Waals surface area contributed by atoms with Crippen LogP contribution in [-0.2, 0) is 5.33 Å². The monoisotopic (exact) mass is 329 g/mol. The van der Waals surface area contributed by atoms with E-state index in [1.165, 1.54) is 12.1 Å². The molecule has 0 aliphatic carbocycles. The summed E-state index contributed by atoms with van der Waals surface area (Å²) in [5, 5.41) is 16.0. The van der Waals surface area contributed by atoms with E-state index in [9.17, 15) is 10.1 Å². The van der Waals surface area contributed by atoms with E-state index in [-0.39, 0.29) is 5.69 Å². The Kier molecular flexibility index (Phi) is 3.68. The molecule has 0 unspecified atom stereocenters. The van der Waals surface area contributed by atoms with Gasteiger partial charge in [-0.05, 0) is 18.6 Å². The largest absolute Gasteiger partial charge is 0.269 e. The van der Waals surface area contributed by atoms with Gasteiger partial charge in [0.1, 0.15) is 0 Å². The molecule has 2 rings (SSSR count). The highest BCUT2D eigenvalue weighted by Crippen LogP contribution is 2.24. The first-order valence-corrected chi connectivity index (χ1v) is 6.58. The molecule has 7 heteroatoms. The van der Waals surface area contributed by atoms with Crippen LogP contribution in [0, 0.1) is 17.0 Å². The van der Waals surface area contributed by atoms with Crippen molar-refractivity contribution in [1.29, 1.82) is 0 Å². The van der Waals surface area contributed by atoms with E-state index in [1.54, 1.807) is 23.9 Å². The van der Waals surface area contributed by atoms with Gasteiger partial charge in [0, 0.05) is 23.7 Å². The lowest BCUT2D eigenvalue weighted by atomic mass is 10.2. The molecule has 94 valence electrons. The number of hydrogen-bond acceptors (Lipinski definition) is 3. The molecule has 0 bridgehead atoms. The average Bonchev–Trinajstić information content (AvgIpc) is 2.68. The van der Waals surface area contributed by atoms with Crippen LogP contribution in [0.1, 0.15) is 11.3 Å². The molecule has 1 aromatic heterocycles. The van der Waals surface area contributed by atoms with Crippen LogP contribution in [-0.4, -0.2) is 14.7 Å². The molecule has 18 heavy (non-hydrogen) atoms. The molecule has 0 saturated heterocycles. The van der Waals surface area contributed by atoms with Crippen LogP contribution in [0.15, 0.2) is 24.4 Å². The molecule has 0 aliphatic rings. The van der Waals surface area contributed by atoms with Crippen molar-refractivity contribution in [3.05, 3.63) is 50.8 Å². The molecule has 0 spiro atoms. The molecular weight excluding hydrogens is 321 g/mol. The lowest BCUT2D eigenvalue weighted by Crippen LogP contribution is -2.00. The molecule has 1 aromatic carbocycles. The Labute approximate surface area is 117 Å². The second-order valence-corrected chi connectivity index (χ2v) is 4.68. The number of rotatable bonds is 3. The summed E-state index contributed by atoms with van der Waals surface area (Å²) in [6.45, 7) is 1.80. The summed E-state index contributed by atoms with van der Waals surface area (Å²) in [5.41, 5.74) is 2.33. The lowest BCUT2D eigenvalue weighted by molar-refractivity contribution is -0.384. The Morgan fingerprint density at radius 3 is 2.78 bits per heavy atom. The first-order valence-electron chi connectivity index (χ1n) is 5.08. The highest BCUT2D eigenvalue weighted by molar-refractivity contribution is 9.08. The molecular formula is C11H9BrClN3O2. The fourth-order valence-electron chi connectivity index (χ4n) is 1.58. The summed E-state index contributed by atoms with van der Waals surface area (Å²) in [5.74, 6) is 0. The number of halogens is 2. The van der Waals surface area contributed by atoms with Crippen LogP contribution in [0.2, 0.25) is 5.02 Å². The predicted octanol–water partition coefficient (Wildman–Crippen LogP) is 3.64. The summed E-state index contributed by atoms with van der Waals surface area (Å²) in [6, 6.07) is 4.64. The van der Waals surface area contributed by atoms with Crippen molar-refractivity contribution in [3.8, 4) is 5.69 Å². The highest BCUT2D eigenvalue weighted by Gasteiger charge is 2.13. The average molecular weight is 331 g/mol. The van der Waals surface area contributed by atoms with E-state index in [0.717, 1.165) is 16.9 Å². The summed E-state index contributed by atoms with van der Waals surface area (Å²) in [4.78, 5) is 10.3. The van der Waals surface area contributed by atoms with Crippen molar-refractivity contribution in [2.24, 2.45) is 0 Å². The summed E-state index contributed by atoms with van der Waals surface area (Å²) in [7, 11) is 0. The van der Waals surface area contributed by atoms with Crippen molar-refractivity contribution in [2.45, 2.75) is 12.3 Å². The maximum absolute atomic E-state index is 10.7. The third-order valence-corrected chi connectivity index (χ3v) is 3.48. The van der Waals surface area contributed by atoms with Crippen LogP contribution in [0.25, 0.3) is 5.69 Å². The van der Waals surface area contributed by atoms with Crippen LogP contribution in [0.4, 0.5) is 5.69 Å². The molecule has 0 fully saturated rings. The molecule has 5 nitrogen and oxygen atoms in total. The smallest absolute Gasteiger partial charge is 0.258 e. The van der Waals surface area contributed by atoms with Gasteiger partial charge >= 0.3 is 0 Å². The number of benzene rings is 1. The molecule has 0 saturated carbocycles. The van der Waals surface area contributed by atoms with Crippen molar-refractivity contribution in [3.63, 3.8) is 0 Å². The second-order valence-electron chi connectivity index (χ2n) is 3.71. The quantitative estimate of drug-likeness (QED) is 0.490.